The van der Waals surface area contributed by atoms with Gasteiger partial charge in [0, 0.05) is 17.7 Å². The summed E-state index contributed by atoms with van der Waals surface area (Å²) in [4.78, 5) is 11.7. The zero-order chi connectivity index (χ0) is 16.4. The van der Waals surface area contributed by atoms with Crippen LogP contribution in [-0.4, -0.2) is 26.7 Å². The molecule has 3 rings (SSSR count). The molecule has 0 fully saturated rings. The molecule has 0 unspecified atom stereocenters. The van der Waals surface area contributed by atoms with Gasteiger partial charge in [0.25, 0.3) is 5.91 Å². The lowest BCUT2D eigenvalue weighted by molar-refractivity contribution is 0.0966. The van der Waals surface area contributed by atoms with Crippen LogP contribution in [0.4, 0.5) is 0 Å². The smallest absolute Gasteiger partial charge is 0.251 e. The van der Waals surface area contributed by atoms with Crippen LogP contribution in [0.5, 0.6) is 17.2 Å². The number of hydrogen-bond acceptors (Lipinski definition) is 4. The molecular weight excluding hydrogens is 294 g/mol. The summed E-state index contributed by atoms with van der Waals surface area (Å²) in [6.07, 6.45) is 0. The van der Waals surface area contributed by atoms with Crippen LogP contribution in [-0.2, 0) is 6.54 Å². The minimum Gasteiger partial charge on any atom is -0.493 e. The molecule has 5 nitrogen and oxygen atoms in total. The zero-order valence-corrected chi connectivity index (χ0v) is 13.1. The van der Waals surface area contributed by atoms with Crippen LogP contribution in [0.25, 0.3) is 11.1 Å². The highest BCUT2D eigenvalue weighted by Crippen LogP contribution is 2.44. The predicted octanol–water partition coefficient (Wildman–Crippen LogP) is 2.83. The number of hydrogen-bond donors (Lipinski definition) is 1. The van der Waals surface area contributed by atoms with E-state index in [2.05, 4.69) is 12.2 Å². The summed E-state index contributed by atoms with van der Waals surface area (Å²) in [5, 5.41) is 2.82. The summed E-state index contributed by atoms with van der Waals surface area (Å²) in [6, 6.07) is 9.47. The van der Waals surface area contributed by atoms with Crippen molar-refractivity contribution in [3.63, 3.8) is 0 Å². The zero-order valence-electron chi connectivity index (χ0n) is 13.1. The Labute approximate surface area is 135 Å². The van der Waals surface area contributed by atoms with Crippen molar-refractivity contribution in [2.75, 3.05) is 20.8 Å². The van der Waals surface area contributed by atoms with E-state index >= 15 is 0 Å². The maximum absolute atomic E-state index is 11.7. The first kappa shape index (κ1) is 15.2. The number of carbonyl (C=O) groups is 1. The average molecular weight is 312 g/mol. The molecule has 0 saturated heterocycles. The first-order valence-corrected chi connectivity index (χ1v) is 7.28. The molecule has 0 aromatic heterocycles. The van der Waals surface area contributed by atoms with E-state index < -0.39 is 0 Å². The van der Waals surface area contributed by atoms with E-state index in [4.69, 9.17) is 14.2 Å². The van der Waals surface area contributed by atoms with Gasteiger partial charge in [-0.05, 0) is 42.3 Å². The van der Waals surface area contributed by atoms with Gasteiger partial charge in [0.05, 0.1) is 20.8 Å². The molecule has 0 spiro atoms. The summed E-state index contributed by atoms with van der Waals surface area (Å²) < 4.78 is 16.5. The van der Waals surface area contributed by atoms with Crippen LogP contribution >= 0.6 is 0 Å². The molecule has 2 aromatic rings. The minimum atomic E-state index is -0.0342. The van der Waals surface area contributed by atoms with Crippen LogP contribution < -0.4 is 19.5 Å². The molecule has 5 heteroatoms. The lowest BCUT2D eigenvalue weighted by Crippen LogP contribution is -2.12. The van der Waals surface area contributed by atoms with E-state index in [0.29, 0.717) is 29.4 Å². The van der Waals surface area contributed by atoms with E-state index in [0.717, 1.165) is 16.7 Å². The predicted molar refractivity (Wildman–Crippen MR) is 87.0 cm³/mol. The van der Waals surface area contributed by atoms with Gasteiger partial charge in [0.2, 0.25) is 5.75 Å². The number of ether oxygens (including phenoxy) is 3. The third-order valence-corrected chi connectivity index (χ3v) is 3.85. The van der Waals surface area contributed by atoms with Gasteiger partial charge in [-0.2, -0.15) is 0 Å². The standard InChI is InChI=1S/C18H18NO4/c1-4-23-16-13(7-8-15(21-2)17(16)22-3)11-5-6-14-12(9-11)10-19-18(14)20/h5-9H,1,4,10H2,2-3H3,(H,19,20). The number of amides is 1. The molecule has 0 bridgehead atoms. The van der Waals surface area contributed by atoms with Crippen LogP contribution in [0.15, 0.2) is 30.3 Å². The fraction of sp³-hybridized carbons (Fsp3) is 0.222. The number of benzene rings is 2. The quantitative estimate of drug-likeness (QED) is 0.922. The van der Waals surface area contributed by atoms with Crippen molar-refractivity contribution in [3.05, 3.63) is 48.4 Å². The second-order valence-electron chi connectivity index (χ2n) is 5.08. The van der Waals surface area contributed by atoms with Gasteiger partial charge in [-0.1, -0.05) is 6.07 Å². The summed E-state index contributed by atoms with van der Waals surface area (Å²) >= 11 is 0. The van der Waals surface area contributed by atoms with Crippen molar-refractivity contribution in [1.82, 2.24) is 5.32 Å². The molecule has 1 aliphatic rings. The van der Waals surface area contributed by atoms with Crippen molar-refractivity contribution in [3.8, 4) is 28.4 Å². The van der Waals surface area contributed by atoms with E-state index in [1.54, 1.807) is 14.2 Å². The lowest BCUT2D eigenvalue weighted by Gasteiger charge is -2.17. The van der Waals surface area contributed by atoms with Gasteiger partial charge in [-0.25, -0.2) is 0 Å². The summed E-state index contributed by atoms with van der Waals surface area (Å²) in [5.74, 6) is 1.67. The number of carbonyl (C=O) groups excluding carboxylic acids is 1. The normalized spacial score (nSPS) is 12.6. The van der Waals surface area contributed by atoms with Crippen LogP contribution in [0.3, 0.4) is 0 Å². The Hall–Kier alpha value is -2.69. The fourth-order valence-electron chi connectivity index (χ4n) is 2.77. The van der Waals surface area contributed by atoms with Gasteiger partial charge in [0.15, 0.2) is 11.5 Å². The highest BCUT2D eigenvalue weighted by molar-refractivity contribution is 5.99. The number of methoxy groups -OCH3 is 2. The van der Waals surface area contributed by atoms with E-state index in [1.807, 2.05) is 30.3 Å². The van der Waals surface area contributed by atoms with Crippen molar-refractivity contribution >= 4 is 5.91 Å². The molecule has 119 valence electrons. The Morgan fingerprint density at radius 2 is 1.87 bits per heavy atom. The third kappa shape index (κ3) is 2.59. The van der Waals surface area contributed by atoms with Crippen molar-refractivity contribution in [2.45, 2.75) is 6.54 Å². The molecule has 1 heterocycles. The highest BCUT2D eigenvalue weighted by Gasteiger charge is 2.22. The van der Waals surface area contributed by atoms with Gasteiger partial charge in [-0.3, -0.25) is 4.79 Å². The summed E-state index contributed by atoms with van der Waals surface area (Å²) in [5.41, 5.74) is 3.51. The number of nitrogens with one attached hydrogen (secondary N) is 1. The molecule has 1 N–H and O–H groups in total. The molecule has 0 atom stereocenters. The van der Waals surface area contributed by atoms with Crippen molar-refractivity contribution in [1.29, 1.82) is 0 Å². The number of fused-ring (bicyclic) bond motifs is 1. The van der Waals surface area contributed by atoms with Gasteiger partial charge >= 0.3 is 0 Å². The third-order valence-electron chi connectivity index (χ3n) is 3.85. The summed E-state index contributed by atoms with van der Waals surface area (Å²) in [7, 11) is 3.15. The minimum absolute atomic E-state index is 0.0342. The first-order chi connectivity index (χ1) is 11.2. The lowest BCUT2D eigenvalue weighted by atomic mass is 9.99. The maximum Gasteiger partial charge on any atom is 0.251 e. The van der Waals surface area contributed by atoms with E-state index in [1.165, 1.54) is 0 Å². The topological polar surface area (TPSA) is 56.8 Å². The van der Waals surface area contributed by atoms with Crippen LogP contribution in [0.1, 0.15) is 15.9 Å². The van der Waals surface area contributed by atoms with Crippen LogP contribution in [0.2, 0.25) is 0 Å². The Kier molecular flexibility index (Phi) is 4.10. The van der Waals surface area contributed by atoms with Crippen molar-refractivity contribution < 1.29 is 19.0 Å². The fourth-order valence-corrected chi connectivity index (χ4v) is 2.77. The second-order valence-corrected chi connectivity index (χ2v) is 5.08. The van der Waals surface area contributed by atoms with Gasteiger partial charge in [0.1, 0.15) is 0 Å². The van der Waals surface area contributed by atoms with Crippen LogP contribution in [0, 0.1) is 6.92 Å². The molecule has 2 aromatic carbocycles. The average Bonchev–Trinajstić information content (AvgIpc) is 2.95. The second kappa shape index (κ2) is 6.20. The summed E-state index contributed by atoms with van der Waals surface area (Å²) in [6.45, 7) is 4.55. The maximum atomic E-state index is 11.7. The van der Waals surface area contributed by atoms with Crippen molar-refractivity contribution in [2.24, 2.45) is 0 Å². The molecule has 1 amide bonds. The molecular formula is C18H18NO4. The molecule has 0 saturated carbocycles. The molecule has 0 aliphatic carbocycles. The largest absolute Gasteiger partial charge is 0.493 e. The molecule has 1 aliphatic heterocycles. The monoisotopic (exact) mass is 312 g/mol. The molecule has 1 radical (unpaired) electrons. The Morgan fingerprint density at radius 1 is 1.09 bits per heavy atom. The van der Waals surface area contributed by atoms with E-state index in [9.17, 15) is 4.79 Å². The molecule has 23 heavy (non-hydrogen) atoms. The Morgan fingerprint density at radius 3 is 2.57 bits per heavy atom. The van der Waals surface area contributed by atoms with Gasteiger partial charge in [-0.15, -0.1) is 0 Å². The Balaban J connectivity index is 2.14. The van der Waals surface area contributed by atoms with Gasteiger partial charge < -0.3 is 19.5 Å². The number of rotatable bonds is 5. The SMILES string of the molecule is [CH2]COc1c(-c2ccc3c(c2)CNC3=O)ccc(OC)c1OC. The Bertz CT molecular complexity index is 755. The van der Waals surface area contributed by atoms with E-state index in [-0.39, 0.29) is 12.5 Å². The highest BCUT2D eigenvalue weighted by atomic mass is 16.5. The first-order valence-electron chi connectivity index (χ1n) is 7.28.